The summed E-state index contributed by atoms with van der Waals surface area (Å²) in [5.41, 5.74) is 0. The molecule has 6 heteroatoms. The van der Waals surface area contributed by atoms with Crippen LogP contribution in [0.1, 0.15) is 6.42 Å². The van der Waals surface area contributed by atoms with Crippen LogP contribution in [0.5, 0.6) is 0 Å². The number of allylic oxidation sites excluding steroid dienone is 4. The summed E-state index contributed by atoms with van der Waals surface area (Å²) in [4.78, 5) is 0. The number of halogens is 2. The van der Waals surface area contributed by atoms with Crippen LogP contribution in [0.3, 0.4) is 0 Å². The van der Waals surface area contributed by atoms with E-state index in [2.05, 4.69) is 51.0 Å². The van der Waals surface area contributed by atoms with Gasteiger partial charge in [0.15, 0.2) is 16.6 Å². The Balaban J connectivity index is -0.000000563. The molecule has 0 atom stereocenters. The Bertz CT molecular complexity index is 260. The second-order valence-corrected chi connectivity index (χ2v) is 13.5. The van der Waals surface area contributed by atoms with Crippen molar-refractivity contribution in [3.8, 4) is 0 Å². The van der Waals surface area contributed by atoms with Crippen molar-refractivity contribution in [2.24, 2.45) is 0 Å². The Hall–Kier alpha value is 1.17. The number of hydrogen-bond acceptors (Lipinski definition) is 1. The summed E-state index contributed by atoms with van der Waals surface area (Å²) in [6.07, 6.45) is 8.71. The summed E-state index contributed by atoms with van der Waals surface area (Å²) >= 11 is 0. The maximum absolute atomic E-state index is 6.24. The zero-order valence-corrected chi connectivity index (χ0v) is 15.8. The molecule has 94 valence electrons. The molecule has 1 rings (SSSR count). The summed E-state index contributed by atoms with van der Waals surface area (Å²) in [6.45, 7) is 11.3. The molecule has 1 aliphatic rings. The van der Waals surface area contributed by atoms with E-state index in [1.54, 1.807) is 0 Å². The summed E-state index contributed by atoms with van der Waals surface area (Å²) in [5, 5.41) is 1.34. The van der Waals surface area contributed by atoms with Crippen LogP contribution in [-0.4, -0.2) is 16.6 Å². The van der Waals surface area contributed by atoms with Crippen LogP contribution in [0.4, 0.5) is 0 Å². The summed E-state index contributed by atoms with van der Waals surface area (Å²) in [6, 6.07) is 0. The van der Waals surface area contributed by atoms with E-state index < -0.39 is 16.6 Å². The van der Waals surface area contributed by atoms with E-state index in [1.807, 2.05) is 0 Å². The van der Waals surface area contributed by atoms with Crippen LogP contribution < -0.4 is 0 Å². The normalized spacial score (nSPS) is 14.4. The van der Waals surface area contributed by atoms with Crippen LogP contribution in [0.25, 0.3) is 0 Å². The standard InChI is InChI=1S/C10H19OSi2.2ClH.Ti/c1-12(2,3)11-13(4,5)10-8-6-7-9-10;;;/h6,8H,7H2,1-5H3;2*1H;/q-1;;;. The van der Waals surface area contributed by atoms with Gasteiger partial charge in [0.25, 0.3) is 0 Å². The van der Waals surface area contributed by atoms with Gasteiger partial charge in [-0.15, -0.1) is 31.2 Å². The zero-order chi connectivity index (χ0) is 10.1. The number of rotatable bonds is 3. The van der Waals surface area contributed by atoms with Gasteiger partial charge in [-0.25, -0.2) is 11.3 Å². The van der Waals surface area contributed by atoms with Crippen molar-refractivity contribution in [2.75, 3.05) is 0 Å². The van der Waals surface area contributed by atoms with Gasteiger partial charge in [-0.05, 0) is 32.7 Å². The summed E-state index contributed by atoms with van der Waals surface area (Å²) in [5.74, 6) is 0. The van der Waals surface area contributed by atoms with E-state index in [4.69, 9.17) is 4.12 Å². The van der Waals surface area contributed by atoms with Crippen molar-refractivity contribution < 1.29 is 25.8 Å². The van der Waals surface area contributed by atoms with Crippen molar-refractivity contribution in [1.82, 2.24) is 0 Å². The fourth-order valence-electron chi connectivity index (χ4n) is 1.64. The number of hydrogen-bond donors (Lipinski definition) is 0. The molecule has 1 nitrogen and oxygen atoms in total. The molecule has 16 heavy (non-hydrogen) atoms. The minimum Gasteiger partial charge on any atom is -0.454 e. The molecule has 0 radical (unpaired) electrons. The van der Waals surface area contributed by atoms with Crippen LogP contribution >= 0.6 is 24.8 Å². The van der Waals surface area contributed by atoms with Crippen molar-refractivity contribution in [1.29, 1.82) is 0 Å². The topological polar surface area (TPSA) is 9.23 Å². The third kappa shape index (κ3) is 7.49. The monoisotopic (exact) mass is 331 g/mol. The first-order chi connectivity index (χ1) is 5.81. The van der Waals surface area contributed by atoms with E-state index in [-0.39, 0.29) is 46.5 Å². The molecule has 0 aromatic heterocycles. The van der Waals surface area contributed by atoms with Gasteiger partial charge in [0.2, 0.25) is 0 Å². The van der Waals surface area contributed by atoms with Crippen molar-refractivity contribution in [2.45, 2.75) is 39.2 Å². The first kappa shape index (κ1) is 22.4. The van der Waals surface area contributed by atoms with Crippen LogP contribution in [0.15, 0.2) is 17.3 Å². The fraction of sp³-hybridized carbons (Fsp3) is 0.600. The van der Waals surface area contributed by atoms with E-state index in [0.29, 0.717) is 0 Å². The van der Waals surface area contributed by atoms with E-state index in [9.17, 15) is 0 Å². The third-order valence-corrected chi connectivity index (χ3v) is 8.04. The molecule has 0 amide bonds. The molecule has 0 saturated carbocycles. The predicted molar refractivity (Wildman–Crippen MR) is 76.9 cm³/mol. The molecular weight excluding hydrogens is 311 g/mol. The molecule has 0 unspecified atom stereocenters. The van der Waals surface area contributed by atoms with Crippen molar-refractivity contribution in [3.63, 3.8) is 0 Å². The summed E-state index contributed by atoms with van der Waals surface area (Å²) < 4.78 is 6.24. The van der Waals surface area contributed by atoms with Gasteiger partial charge in [0.05, 0.1) is 0 Å². The first-order valence-corrected chi connectivity index (χ1v) is 11.1. The van der Waals surface area contributed by atoms with E-state index in [1.165, 1.54) is 5.20 Å². The second-order valence-electron chi connectivity index (χ2n) is 4.92. The average Bonchev–Trinajstić information content (AvgIpc) is 2.29. The van der Waals surface area contributed by atoms with Gasteiger partial charge in [0.1, 0.15) is 0 Å². The second kappa shape index (κ2) is 8.30. The minimum absolute atomic E-state index is 0. The Morgan fingerprint density at radius 1 is 1.12 bits per heavy atom. The van der Waals surface area contributed by atoms with Gasteiger partial charge >= 0.3 is 0 Å². The predicted octanol–water partition coefficient (Wildman–Crippen LogP) is 4.11. The average molecular weight is 332 g/mol. The Morgan fingerprint density at radius 3 is 1.94 bits per heavy atom. The quantitative estimate of drug-likeness (QED) is 0.558. The molecule has 0 saturated heterocycles. The van der Waals surface area contributed by atoms with E-state index in [0.717, 1.165) is 6.42 Å². The SMILES string of the molecule is C[Si](C)(C)O[Si](C)(C)C1=[C-]CC=C1.Cl.Cl.[Ti]. The molecule has 0 aromatic carbocycles. The molecule has 0 N–H and O–H groups in total. The smallest absolute Gasteiger partial charge is 0.170 e. The molecule has 0 bridgehead atoms. The third-order valence-electron chi connectivity index (χ3n) is 1.90. The van der Waals surface area contributed by atoms with Gasteiger partial charge < -0.3 is 4.12 Å². The van der Waals surface area contributed by atoms with Gasteiger partial charge in [-0.2, -0.15) is 6.08 Å². The molecule has 0 aliphatic heterocycles. The maximum Gasteiger partial charge on any atom is 0.170 e. The largest absolute Gasteiger partial charge is 0.454 e. The van der Waals surface area contributed by atoms with Crippen molar-refractivity contribution in [3.05, 3.63) is 23.4 Å². The molecular formula is C10H21Cl2OSi2Ti-. The van der Waals surface area contributed by atoms with Gasteiger partial charge in [0, 0.05) is 21.7 Å². The van der Waals surface area contributed by atoms with Crippen molar-refractivity contribution >= 4 is 41.4 Å². The van der Waals surface area contributed by atoms with Gasteiger partial charge in [-0.1, -0.05) is 0 Å². The summed E-state index contributed by atoms with van der Waals surface area (Å²) in [7, 11) is -3.02. The molecule has 0 fully saturated rings. The first-order valence-electron chi connectivity index (χ1n) is 4.79. The van der Waals surface area contributed by atoms with E-state index >= 15 is 0 Å². The minimum atomic E-state index is -1.63. The van der Waals surface area contributed by atoms with Gasteiger partial charge in [-0.3, -0.25) is 6.08 Å². The Kier molecular flexibility index (Phi) is 11.6. The maximum atomic E-state index is 6.24. The van der Waals surface area contributed by atoms with Crippen LogP contribution in [0.2, 0.25) is 32.7 Å². The molecule has 1 aliphatic carbocycles. The zero-order valence-electron chi connectivity index (χ0n) is 10.6. The Labute approximate surface area is 129 Å². The fourth-order valence-corrected chi connectivity index (χ4v) is 9.25. The molecule has 0 heterocycles. The Morgan fingerprint density at radius 2 is 1.62 bits per heavy atom. The van der Waals surface area contributed by atoms with Crippen LogP contribution in [0, 0.1) is 6.08 Å². The van der Waals surface area contributed by atoms with Crippen LogP contribution in [-0.2, 0) is 25.8 Å². The molecule has 0 spiro atoms. The molecule has 0 aromatic rings.